The molecule has 27 heavy (non-hydrogen) atoms. The smallest absolute Gasteiger partial charge is 0.414 e. The summed E-state index contributed by atoms with van der Waals surface area (Å²) < 4.78 is 16.1. The molecule has 0 atom stereocenters. The van der Waals surface area contributed by atoms with Crippen LogP contribution in [-0.4, -0.2) is 38.0 Å². The first-order valence-corrected chi connectivity index (χ1v) is 8.26. The lowest BCUT2D eigenvalue weighted by Crippen LogP contribution is -2.25. The van der Waals surface area contributed by atoms with Gasteiger partial charge in [0.05, 0.1) is 12.7 Å². The molecule has 0 N–H and O–H groups in total. The maximum absolute atomic E-state index is 12.4. The fourth-order valence-electron chi connectivity index (χ4n) is 2.48. The number of carbonyl (C=O) groups excluding carboxylic acids is 2. The average molecular weight is 365 g/mol. The molecule has 0 aromatic heterocycles. The van der Waals surface area contributed by atoms with Crippen LogP contribution in [0.4, 0.5) is 4.79 Å². The van der Waals surface area contributed by atoms with Gasteiger partial charge in [-0.05, 0) is 24.3 Å². The standard InChI is InChI=1S/C21H19NO5/c1-22(2)21(24)26-15-11-12-16-19(13-15)27-18(20(16)23)10-6-8-14-7-4-5-9-17(14)25-3/h4-13H,1-3H3. The Kier molecular flexibility index (Phi) is 5.26. The number of hydrogen-bond donors (Lipinski definition) is 0. The number of rotatable bonds is 4. The molecular formula is C21H19NO5. The van der Waals surface area contributed by atoms with Gasteiger partial charge in [0.25, 0.3) is 0 Å². The summed E-state index contributed by atoms with van der Waals surface area (Å²) in [7, 11) is 4.78. The Morgan fingerprint density at radius 1 is 1.15 bits per heavy atom. The van der Waals surface area contributed by atoms with E-state index in [9.17, 15) is 9.59 Å². The minimum atomic E-state index is -0.505. The molecule has 0 unspecified atom stereocenters. The van der Waals surface area contributed by atoms with Gasteiger partial charge in [-0.25, -0.2) is 4.79 Å². The second-order valence-electron chi connectivity index (χ2n) is 5.98. The molecule has 0 fully saturated rings. The number of ketones is 1. The molecule has 0 radical (unpaired) electrons. The first-order chi connectivity index (χ1) is 13.0. The van der Waals surface area contributed by atoms with E-state index in [2.05, 4.69) is 0 Å². The Bertz CT molecular complexity index is 943. The van der Waals surface area contributed by atoms with Crippen LogP contribution >= 0.6 is 0 Å². The molecule has 6 nitrogen and oxygen atoms in total. The largest absolute Gasteiger partial charge is 0.496 e. The molecule has 3 rings (SSSR count). The van der Waals surface area contributed by atoms with E-state index in [1.54, 1.807) is 45.5 Å². The van der Waals surface area contributed by atoms with Crippen molar-refractivity contribution in [2.45, 2.75) is 0 Å². The molecule has 1 amide bonds. The van der Waals surface area contributed by atoms with Gasteiger partial charge in [-0.2, -0.15) is 0 Å². The first kappa shape index (κ1) is 18.3. The van der Waals surface area contributed by atoms with Gasteiger partial charge in [0.1, 0.15) is 17.2 Å². The summed E-state index contributed by atoms with van der Waals surface area (Å²) in [4.78, 5) is 25.4. The lowest BCUT2D eigenvalue weighted by molar-refractivity contribution is 0.101. The van der Waals surface area contributed by atoms with Crippen molar-refractivity contribution in [2.75, 3.05) is 21.2 Å². The average Bonchev–Trinajstić information content (AvgIpc) is 2.97. The highest BCUT2D eigenvalue weighted by molar-refractivity contribution is 6.12. The molecule has 1 heterocycles. The van der Waals surface area contributed by atoms with E-state index in [-0.39, 0.29) is 11.5 Å². The second kappa shape index (κ2) is 7.78. The number of amides is 1. The van der Waals surface area contributed by atoms with E-state index in [0.29, 0.717) is 17.1 Å². The van der Waals surface area contributed by atoms with E-state index in [1.807, 2.05) is 30.3 Å². The third-order valence-corrected chi connectivity index (χ3v) is 3.87. The highest BCUT2D eigenvalue weighted by atomic mass is 16.6. The Hall–Kier alpha value is -3.54. The van der Waals surface area contributed by atoms with Crippen LogP contribution in [0.25, 0.3) is 6.08 Å². The van der Waals surface area contributed by atoms with Crippen molar-refractivity contribution in [3.05, 3.63) is 71.5 Å². The number of fused-ring (bicyclic) bond motifs is 1. The second-order valence-corrected chi connectivity index (χ2v) is 5.98. The zero-order valence-electron chi connectivity index (χ0n) is 15.3. The first-order valence-electron chi connectivity index (χ1n) is 8.26. The fourth-order valence-corrected chi connectivity index (χ4v) is 2.48. The van der Waals surface area contributed by atoms with Crippen molar-refractivity contribution in [2.24, 2.45) is 0 Å². The Morgan fingerprint density at radius 2 is 1.93 bits per heavy atom. The zero-order valence-corrected chi connectivity index (χ0v) is 15.3. The van der Waals surface area contributed by atoms with E-state index in [4.69, 9.17) is 14.2 Å². The van der Waals surface area contributed by atoms with Crippen molar-refractivity contribution in [1.82, 2.24) is 4.90 Å². The summed E-state index contributed by atoms with van der Waals surface area (Å²) in [6.07, 6.45) is 4.65. The van der Waals surface area contributed by atoms with Crippen molar-refractivity contribution >= 4 is 18.0 Å². The summed E-state index contributed by atoms with van der Waals surface area (Å²) in [6, 6.07) is 12.2. The number of benzene rings is 2. The number of hydrogen-bond acceptors (Lipinski definition) is 5. The minimum absolute atomic E-state index is 0.201. The number of para-hydroxylation sites is 1. The van der Waals surface area contributed by atoms with Gasteiger partial charge < -0.3 is 19.1 Å². The van der Waals surface area contributed by atoms with Gasteiger partial charge in [0.2, 0.25) is 5.78 Å². The zero-order chi connectivity index (χ0) is 19.4. The molecule has 1 aliphatic heterocycles. The normalized spacial score (nSPS) is 14.2. The molecule has 1 aliphatic rings. The summed E-state index contributed by atoms with van der Waals surface area (Å²) in [5.41, 5.74) is 1.31. The molecule has 6 heteroatoms. The van der Waals surface area contributed by atoms with E-state index < -0.39 is 6.09 Å². The van der Waals surface area contributed by atoms with Crippen molar-refractivity contribution in [1.29, 1.82) is 0 Å². The maximum atomic E-state index is 12.4. The Morgan fingerprint density at radius 3 is 2.67 bits per heavy atom. The van der Waals surface area contributed by atoms with Crippen LogP contribution in [0.5, 0.6) is 17.2 Å². The number of allylic oxidation sites excluding steroid dienone is 3. The third-order valence-electron chi connectivity index (χ3n) is 3.87. The number of ether oxygens (including phenoxy) is 3. The van der Waals surface area contributed by atoms with Gasteiger partial charge >= 0.3 is 6.09 Å². The predicted molar refractivity (Wildman–Crippen MR) is 101 cm³/mol. The molecule has 0 saturated heterocycles. The Labute approximate surface area is 157 Å². The van der Waals surface area contributed by atoms with Gasteiger partial charge in [0, 0.05) is 25.7 Å². The predicted octanol–water partition coefficient (Wildman–Crippen LogP) is 3.93. The quantitative estimate of drug-likeness (QED) is 0.768. The van der Waals surface area contributed by atoms with E-state index in [0.717, 1.165) is 11.3 Å². The highest BCUT2D eigenvalue weighted by Crippen LogP contribution is 2.34. The number of methoxy groups -OCH3 is 1. The molecule has 0 aliphatic carbocycles. The van der Waals surface area contributed by atoms with Gasteiger partial charge in [-0.15, -0.1) is 0 Å². The lowest BCUT2D eigenvalue weighted by Gasteiger charge is -2.10. The van der Waals surface area contributed by atoms with Crippen molar-refractivity contribution in [3.8, 4) is 17.2 Å². The van der Waals surface area contributed by atoms with Gasteiger partial charge in [-0.3, -0.25) is 4.79 Å². The van der Waals surface area contributed by atoms with Crippen LogP contribution < -0.4 is 14.2 Å². The fraction of sp³-hybridized carbons (Fsp3) is 0.143. The maximum Gasteiger partial charge on any atom is 0.414 e. The van der Waals surface area contributed by atoms with Crippen molar-refractivity contribution < 1.29 is 23.8 Å². The Balaban J connectivity index is 1.77. The summed E-state index contributed by atoms with van der Waals surface area (Å²) >= 11 is 0. The summed E-state index contributed by atoms with van der Waals surface area (Å²) in [5.74, 6) is 1.39. The van der Waals surface area contributed by atoms with E-state index >= 15 is 0 Å². The number of nitrogens with zero attached hydrogens (tertiary/aromatic N) is 1. The number of carbonyl (C=O) groups is 2. The van der Waals surface area contributed by atoms with Gasteiger partial charge in [0.15, 0.2) is 5.76 Å². The van der Waals surface area contributed by atoms with Crippen molar-refractivity contribution in [3.63, 3.8) is 0 Å². The number of Topliss-reactive ketones (excluding diaryl/α,β-unsaturated/α-hetero) is 1. The molecule has 2 aromatic rings. The molecule has 0 bridgehead atoms. The molecule has 2 aromatic carbocycles. The molecule has 138 valence electrons. The van der Waals surface area contributed by atoms with Crippen LogP contribution in [0, 0.1) is 0 Å². The van der Waals surface area contributed by atoms with Crippen LogP contribution in [-0.2, 0) is 0 Å². The highest BCUT2D eigenvalue weighted by Gasteiger charge is 2.27. The van der Waals surface area contributed by atoms with E-state index in [1.165, 1.54) is 11.0 Å². The van der Waals surface area contributed by atoms with Crippen LogP contribution in [0.1, 0.15) is 15.9 Å². The van der Waals surface area contributed by atoms with Crippen LogP contribution in [0.3, 0.4) is 0 Å². The van der Waals surface area contributed by atoms with Crippen LogP contribution in [0.2, 0.25) is 0 Å². The topological polar surface area (TPSA) is 65.1 Å². The lowest BCUT2D eigenvalue weighted by atomic mass is 10.1. The third kappa shape index (κ3) is 4.00. The molecule has 0 spiro atoms. The SMILES string of the molecule is COc1ccccc1C=CC=C1Oc2cc(OC(=O)N(C)C)ccc2C1=O. The van der Waals surface area contributed by atoms with Gasteiger partial charge in [-0.1, -0.05) is 30.4 Å². The van der Waals surface area contributed by atoms with Crippen LogP contribution in [0.15, 0.2) is 60.4 Å². The minimum Gasteiger partial charge on any atom is -0.496 e. The summed E-state index contributed by atoms with van der Waals surface area (Å²) in [6.45, 7) is 0. The molecule has 0 saturated carbocycles. The molecular weight excluding hydrogens is 346 g/mol. The monoisotopic (exact) mass is 365 g/mol. The summed E-state index contributed by atoms with van der Waals surface area (Å²) in [5, 5.41) is 0.